The molecule has 1 rings (SSSR count). The van der Waals surface area contributed by atoms with Gasteiger partial charge in [0.25, 0.3) is 0 Å². The summed E-state index contributed by atoms with van der Waals surface area (Å²) in [6.07, 6.45) is 0. The molecule has 1 aromatic carbocycles. The molecule has 0 spiro atoms. The van der Waals surface area contributed by atoms with Crippen LogP contribution in [0.4, 0.5) is 0 Å². The first kappa shape index (κ1) is 11.5. The van der Waals surface area contributed by atoms with Gasteiger partial charge in [-0.05, 0) is 17.7 Å². The van der Waals surface area contributed by atoms with E-state index in [1.54, 1.807) is 24.3 Å². The third kappa shape index (κ3) is 2.83. The molecule has 1 N–H and O–H groups in total. The van der Waals surface area contributed by atoms with Gasteiger partial charge in [0.05, 0.1) is 5.56 Å². The lowest BCUT2D eigenvalue weighted by Gasteiger charge is -1.95. The van der Waals surface area contributed by atoms with Crippen LogP contribution in [0, 0.1) is 0 Å². The normalized spacial score (nSPS) is 8.75. The molecule has 1 aromatic rings. The fraction of sp³-hybridized carbons (Fsp3) is 0.125. The largest absolute Gasteiger partial charge is 0.478 e. The second kappa shape index (κ2) is 5.17. The zero-order valence-electron chi connectivity index (χ0n) is 6.16. The average Bonchev–Trinajstić information content (AvgIpc) is 2.05. The predicted molar refractivity (Wildman–Crippen MR) is 53.3 cm³/mol. The van der Waals surface area contributed by atoms with E-state index in [1.165, 1.54) is 0 Å². The third-order valence-corrected chi connectivity index (χ3v) is 2.00. The van der Waals surface area contributed by atoms with Crippen LogP contribution in [0.25, 0.3) is 0 Å². The Balaban J connectivity index is 0.00000121. The minimum atomic E-state index is -0.883. The monoisotopic (exact) mass is 250 g/mol. The Morgan fingerprint density at radius 3 is 2.17 bits per heavy atom. The van der Waals surface area contributed by atoms with Crippen LogP contribution in [-0.4, -0.2) is 11.1 Å². The first-order valence-corrected chi connectivity index (χ1v) is 4.24. The molecule has 0 aromatic heterocycles. The molecule has 0 aliphatic rings. The first-order valence-electron chi connectivity index (χ1n) is 3.12. The van der Waals surface area contributed by atoms with Crippen molar-refractivity contribution >= 4 is 34.3 Å². The van der Waals surface area contributed by atoms with Crippen LogP contribution in [-0.2, 0) is 5.33 Å². The Labute approximate surface area is 85.1 Å². The molecule has 0 unspecified atom stereocenters. The Morgan fingerprint density at radius 2 is 1.83 bits per heavy atom. The fourth-order valence-corrected chi connectivity index (χ4v) is 1.11. The molecular formula is C8H8BrClO2. The number of halogens is 2. The zero-order chi connectivity index (χ0) is 8.27. The first-order chi connectivity index (χ1) is 5.24. The van der Waals surface area contributed by atoms with Gasteiger partial charge >= 0.3 is 5.97 Å². The number of carboxylic acids is 1. The summed E-state index contributed by atoms with van der Waals surface area (Å²) in [7, 11) is 0. The topological polar surface area (TPSA) is 37.3 Å². The van der Waals surface area contributed by atoms with E-state index in [9.17, 15) is 4.79 Å². The maximum absolute atomic E-state index is 10.4. The Hall–Kier alpha value is -0.540. The maximum atomic E-state index is 10.4. The number of hydrogen-bond donors (Lipinski definition) is 1. The van der Waals surface area contributed by atoms with Crippen LogP contribution in [0.1, 0.15) is 15.9 Å². The summed E-state index contributed by atoms with van der Waals surface area (Å²) in [6.45, 7) is 0. The molecular weight excluding hydrogens is 243 g/mol. The summed E-state index contributed by atoms with van der Waals surface area (Å²) in [5.41, 5.74) is 1.41. The number of aromatic carboxylic acids is 1. The average molecular weight is 252 g/mol. The van der Waals surface area contributed by atoms with Crippen LogP contribution < -0.4 is 0 Å². The van der Waals surface area contributed by atoms with Gasteiger partial charge in [0, 0.05) is 5.33 Å². The Bertz CT molecular complexity index is 258. The number of carboxylic acid groups (broad SMARTS) is 1. The standard InChI is InChI=1S/C8H7BrO2.ClH/c9-5-6-1-3-7(4-2-6)8(10)11;/h1-4H,5H2,(H,10,11);1H. The highest BCUT2D eigenvalue weighted by molar-refractivity contribution is 9.08. The van der Waals surface area contributed by atoms with Crippen molar-refractivity contribution in [2.75, 3.05) is 0 Å². The lowest BCUT2D eigenvalue weighted by atomic mass is 10.2. The minimum Gasteiger partial charge on any atom is -0.478 e. The van der Waals surface area contributed by atoms with Gasteiger partial charge in [-0.3, -0.25) is 0 Å². The van der Waals surface area contributed by atoms with Gasteiger partial charge in [-0.2, -0.15) is 0 Å². The van der Waals surface area contributed by atoms with E-state index in [0.717, 1.165) is 10.9 Å². The summed E-state index contributed by atoms with van der Waals surface area (Å²) < 4.78 is 0. The highest BCUT2D eigenvalue weighted by atomic mass is 79.9. The van der Waals surface area contributed by atoms with Crippen molar-refractivity contribution in [3.05, 3.63) is 35.4 Å². The van der Waals surface area contributed by atoms with Gasteiger partial charge in [0.1, 0.15) is 0 Å². The lowest BCUT2D eigenvalue weighted by Crippen LogP contribution is -1.95. The van der Waals surface area contributed by atoms with Crippen molar-refractivity contribution < 1.29 is 9.90 Å². The number of rotatable bonds is 2. The van der Waals surface area contributed by atoms with Crippen molar-refractivity contribution in [3.8, 4) is 0 Å². The van der Waals surface area contributed by atoms with Crippen LogP contribution >= 0.6 is 28.3 Å². The van der Waals surface area contributed by atoms with E-state index in [-0.39, 0.29) is 12.4 Å². The fourth-order valence-electron chi connectivity index (χ4n) is 0.736. The Kier molecular flexibility index (Phi) is 4.93. The Morgan fingerprint density at radius 1 is 1.33 bits per heavy atom. The molecule has 0 radical (unpaired) electrons. The molecule has 0 aliphatic carbocycles. The minimum absolute atomic E-state index is 0. The molecule has 0 bridgehead atoms. The summed E-state index contributed by atoms with van der Waals surface area (Å²) in [5.74, 6) is -0.883. The molecule has 66 valence electrons. The molecule has 0 amide bonds. The van der Waals surface area contributed by atoms with Crippen molar-refractivity contribution in [2.45, 2.75) is 5.33 Å². The highest BCUT2D eigenvalue weighted by Gasteiger charge is 1.99. The van der Waals surface area contributed by atoms with Crippen LogP contribution in [0.2, 0.25) is 0 Å². The summed E-state index contributed by atoms with van der Waals surface area (Å²) >= 11 is 3.27. The van der Waals surface area contributed by atoms with Gasteiger partial charge in [-0.15, -0.1) is 12.4 Å². The summed E-state index contributed by atoms with van der Waals surface area (Å²) in [4.78, 5) is 10.4. The lowest BCUT2D eigenvalue weighted by molar-refractivity contribution is 0.0697. The molecule has 4 heteroatoms. The van der Waals surface area contributed by atoms with Crippen molar-refractivity contribution in [3.63, 3.8) is 0 Å². The molecule has 0 fully saturated rings. The molecule has 0 saturated heterocycles. The van der Waals surface area contributed by atoms with E-state index in [4.69, 9.17) is 5.11 Å². The summed E-state index contributed by atoms with van der Waals surface area (Å²) in [6, 6.07) is 6.77. The highest BCUT2D eigenvalue weighted by Crippen LogP contribution is 2.07. The van der Waals surface area contributed by atoms with Gasteiger partial charge in [0.2, 0.25) is 0 Å². The zero-order valence-corrected chi connectivity index (χ0v) is 8.56. The third-order valence-electron chi connectivity index (χ3n) is 1.36. The van der Waals surface area contributed by atoms with Gasteiger partial charge in [-0.1, -0.05) is 28.1 Å². The molecule has 12 heavy (non-hydrogen) atoms. The molecule has 2 nitrogen and oxygen atoms in total. The van der Waals surface area contributed by atoms with E-state index in [0.29, 0.717) is 5.56 Å². The number of hydrogen-bond acceptors (Lipinski definition) is 1. The summed E-state index contributed by atoms with van der Waals surface area (Å²) in [5, 5.41) is 9.29. The van der Waals surface area contributed by atoms with Crippen molar-refractivity contribution in [1.82, 2.24) is 0 Å². The van der Waals surface area contributed by atoms with Gasteiger partial charge < -0.3 is 5.11 Å². The van der Waals surface area contributed by atoms with Crippen molar-refractivity contribution in [2.24, 2.45) is 0 Å². The van der Waals surface area contributed by atoms with E-state index >= 15 is 0 Å². The number of alkyl halides is 1. The predicted octanol–water partition coefficient (Wildman–Crippen LogP) is 2.70. The molecule has 0 aliphatic heterocycles. The van der Waals surface area contributed by atoms with E-state index < -0.39 is 5.97 Å². The second-order valence-electron chi connectivity index (χ2n) is 2.14. The molecule has 0 heterocycles. The van der Waals surface area contributed by atoms with E-state index in [1.807, 2.05) is 0 Å². The van der Waals surface area contributed by atoms with Crippen LogP contribution in [0.5, 0.6) is 0 Å². The molecule has 0 saturated carbocycles. The second-order valence-corrected chi connectivity index (χ2v) is 2.70. The number of carbonyl (C=O) groups is 1. The smallest absolute Gasteiger partial charge is 0.335 e. The van der Waals surface area contributed by atoms with Crippen molar-refractivity contribution in [1.29, 1.82) is 0 Å². The van der Waals surface area contributed by atoms with E-state index in [2.05, 4.69) is 15.9 Å². The maximum Gasteiger partial charge on any atom is 0.335 e. The number of benzene rings is 1. The van der Waals surface area contributed by atoms with Gasteiger partial charge in [-0.25, -0.2) is 4.79 Å². The van der Waals surface area contributed by atoms with Crippen LogP contribution in [0.15, 0.2) is 24.3 Å². The van der Waals surface area contributed by atoms with Crippen LogP contribution in [0.3, 0.4) is 0 Å². The quantitative estimate of drug-likeness (QED) is 0.821. The molecule has 0 atom stereocenters. The SMILES string of the molecule is Cl.O=C(O)c1ccc(CBr)cc1. The van der Waals surface area contributed by atoms with Gasteiger partial charge in [0.15, 0.2) is 0 Å².